The van der Waals surface area contributed by atoms with Crippen molar-refractivity contribution in [2.75, 3.05) is 26.2 Å². The molecule has 8 heteroatoms. The van der Waals surface area contributed by atoms with Gasteiger partial charge in [0.2, 0.25) is 5.88 Å². The standard InChI is InChI=1S/C26H34F2N4O2/c1-18-22(3-2-13-29-18)26(33)30-21-7-4-19(5-8-21)10-14-32-15-11-20-6-9-25(34-17-24(27)28)31-23(20)12-16-32/h2-3,6,9,13,19,21,24H,4-5,7-8,10-12,14-17H2,1H3,(H,30,33). The molecule has 0 spiro atoms. The summed E-state index contributed by atoms with van der Waals surface area (Å²) in [6.45, 7) is 4.21. The molecule has 3 heterocycles. The third-order valence-electron chi connectivity index (χ3n) is 7.05. The minimum absolute atomic E-state index is 0.0189. The minimum atomic E-state index is -2.49. The molecule has 1 saturated carbocycles. The lowest BCUT2D eigenvalue weighted by Gasteiger charge is -2.30. The van der Waals surface area contributed by atoms with E-state index in [1.165, 1.54) is 5.56 Å². The first kappa shape index (κ1) is 24.5. The largest absolute Gasteiger partial charge is 0.472 e. The number of aryl methyl sites for hydroxylation is 1. The number of fused-ring (bicyclic) bond motifs is 1. The molecular weight excluding hydrogens is 438 g/mol. The van der Waals surface area contributed by atoms with Crippen molar-refractivity contribution >= 4 is 5.91 Å². The van der Waals surface area contributed by atoms with Crippen LogP contribution in [0.3, 0.4) is 0 Å². The van der Waals surface area contributed by atoms with Crippen molar-refractivity contribution < 1.29 is 18.3 Å². The number of ether oxygens (including phenoxy) is 1. The monoisotopic (exact) mass is 472 g/mol. The molecule has 0 saturated heterocycles. The number of hydrogen-bond donors (Lipinski definition) is 1. The summed E-state index contributed by atoms with van der Waals surface area (Å²) in [6, 6.07) is 7.54. The number of halogens is 2. The summed E-state index contributed by atoms with van der Waals surface area (Å²) in [5.74, 6) is 0.955. The van der Waals surface area contributed by atoms with Gasteiger partial charge in [-0.25, -0.2) is 13.8 Å². The first-order valence-corrected chi connectivity index (χ1v) is 12.3. The molecule has 2 aliphatic rings. The Kier molecular flexibility index (Phi) is 8.43. The Morgan fingerprint density at radius 2 is 1.97 bits per heavy atom. The van der Waals surface area contributed by atoms with Crippen LogP contribution in [-0.2, 0) is 12.8 Å². The zero-order valence-electron chi connectivity index (χ0n) is 19.8. The summed E-state index contributed by atoms with van der Waals surface area (Å²) in [5.41, 5.74) is 3.58. The third kappa shape index (κ3) is 6.72. The average Bonchev–Trinajstić information content (AvgIpc) is 3.04. The smallest absolute Gasteiger partial charge is 0.272 e. The van der Waals surface area contributed by atoms with Gasteiger partial charge < -0.3 is 15.0 Å². The number of carbonyl (C=O) groups excluding carboxylic acids is 1. The molecule has 0 aromatic carbocycles. The zero-order valence-corrected chi connectivity index (χ0v) is 19.8. The van der Waals surface area contributed by atoms with Crippen LogP contribution in [0.1, 0.15) is 59.4 Å². The number of pyridine rings is 2. The normalized spacial score (nSPS) is 21.1. The summed E-state index contributed by atoms with van der Waals surface area (Å²) in [5, 5.41) is 3.19. The third-order valence-corrected chi connectivity index (χ3v) is 7.05. The maximum absolute atomic E-state index is 12.6. The van der Waals surface area contributed by atoms with E-state index in [-0.39, 0.29) is 17.8 Å². The molecule has 2 aromatic rings. The maximum Gasteiger partial charge on any atom is 0.272 e. The maximum atomic E-state index is 12.6. The summed E-state index contributed by atoms with van der Waals surface area (Å²) in [6.07, 6.45) is 6.42. The minimum Gasteiger partial charge on any atom is -0.472 e. The molecule has 0 unspecified atom stereocenters. The molecule has 34 heavy (non-hydrogen) atoms. The molecule has 2 aromatic heterocycles. The highest BCUT2D eigenvalue weighted by Crippen LogP contribution is 2.28. The molecule has 1 amide bonds. The van der Waals surface area contributed by atoms with Gasteiger partial charge in [-0.3, -0.25) is 9.78 Å². The van der Waals surface area contributed by atoms with Crippen LogP contribution in [-0.4, -0.2) is 59.5 Å². The van der Waals surface area contributed by atoms with E-state index < -0.39 is 13.0 Å². The van der Waals surface area contributed by atoms with Gasteiger partial charge in [0.25, 0.3) is 12.3 Å². The highest BCUT2D eigenvalue weighted by atomic mass is 19.3. The van der Waals surface area contributed by atoms with E-state index in [0.717, 1.165) is 76.0 Å². The topological polar surface area (TPSA) is 67.4 Å². The van der Waals surface area contributed by atoms with E-state index in [0.29, 0.717) is 11.5 Å². The van der Waals surface area contributed by atoms with Gasteiger partial charge in [0.05, 0.1) is 5.56 Å². The first-order valence-electron chi connectivity index (χ1n) is 12.3. The van der Waals surface area contributed by atoms with Crippen LogP contribution in [0.25, 0.3) is 0 Å². The fourth-order valence-electron chi connectivity index (χ4n) is 5.01. The van der Waals surface area contributed by atoms with Gasteiger partial charge in [0.15, 0.2) is 6.61 Å². The van der Waals surface area contributed by atoms with E-state index in [4.69, 9.17) is 4.74 Å². The van der Waals surface area contributed by atoms with E-state index in [1.807, 2.05) is 19.1 Å². The van der Waals surface area contributed by atoms with Crippen LogP contribution in [0.5, 0.6) is 5.88 Å². The van der Waals surface area contributed by atoms with Gasteiger partial charge in [-0.15, -0.1) is 0 Å². The number of carbonyl (C=O) groups is 1. The summed E-state index contributed by atoms with van der Waals surface area (Å²) in [7, 11) is 0. The van der Waals surface area contributed by atoms with Crippen molar-refractivity contribution in [2.45, 2.75) is 64.3 Å². The second kappa shape index (κ2) is 11.7. The van der Waals surface area contributed by atoms with Crippen molar-refractivity contribution in [2.24, 2.45) is 5.92 Å². The van der Waals surface area contributed by atoms with Gasteiger partial charge >= 0.3 is 0 Å². The lowest BCUT2D eigenvalue weighted by molar-refractivity contribution is 0.0794. The van der Waals surface area contributed by atoms with Crippen LogP contribution in [0.15, 0.2) is 30.5 Å². The number of rotatable bonds is 8. The summed E-state index contributed by atoms with van der Waals surface area (Å²) < 4.78 is 29.9. The zero-order chi connectivity index (χ0) is 23.9. The van der Waals surface area contributed by atoms with Gasteiger partial charge in [0.1, 0.15) is 0 Å². The first-order chi connectivity index (χ1) is 16.5. The molecule has 6 nitrogen and oxygen atoms in total. The predicted octanol–water partition coefficient (Wildman–Crippen LogP) is 4.21. The Bertz CT molecular complexity index is 964. The van der Waals surface area contributed by atoms with Crippen molar-refractivity contribution in [1.29, 1.82) is 0 Å². The quantitative estimate of drug-likeness (QED) is 0.624. The Hall–Kier alpha value is -2.61. The SMILES string of the molecule is Cc1ncccc1C(=O)NC1CCC(CCN2CCc3ccc(OCC(F)F)nc3CC2)CC1. The number of nitrogens with zero attached hydrogens (tertiary/aromatic N) is 3. The van der Waals surface area contributed by atoms with Crippen LogP contribution >= 0.6 is 0 Å². The van der Waals surface area contributed by atoms with Crippen molar-refractivity contribution in [1.82, 2.24) is 20.2 Å². The van der Waals surface area contributed by atoms with Crippen molar-refractivity contribution in [3.63, 3.8) is 0 Å². The Morgan fingerprint density at radius 3 is 2.74 bits per heavy atom. The summed E-state index contributed by atoms with van der Waals surface area (Å²) >= 11 is 0. The lowest BCUT2D eigenvalue weighted by atomic mass is 9.84. The second-order valence-electron chi connectivity index (χ2n) is 9.42. The molecular formula is C26H34F2N4O2. The highest BCUT2D eigenvalue weighted by molar-refractivity contribution is 5.95. The Morgan fingerprint density at radius 1 is 1.18 bits per heavy atom. The van der Waals surface area contributed by atoms with Crippen LogP contribution in [0.4, 0.5) is 8.78 Å². The Balaban J connectivity index is 1.18. The lowest BCUT2D eigenvalue weighted by Crippen LogP contribution is -2.38. The molecule has 1 aliphatic heterocycles. The predicted molar refractivity (Wildman–Crippen MR) is 126 cm³/mol. The van der Waals surface area contributed by atoms with Crippen LogP contribution < -0.4 is 10.1 Å². The van der Waals surface area contributed by atoms with E-state index in [9.17, 15) is 13.6 Å². The van der Waals surface area contributed by atoms with Crippen LogP contribution in [0, 0.1) is 12.8 Å². The van der Waals surface area contributed by atoms with Gasteiger partial charge in [-0.2, -0.15) is 0 Å². The highest BCUT2D eigenvalue weighted by Gasteiger charge is 2.24. The molecule has 0 bridgehead atoms. The van der Waals surface area contributed by atoms with Crippen molar-refractivity contribution in [3.05, 3.63) is 53.0 Å². The molecule has 0 radical (unpaired) electrons. The summed E-state index contributed by atoms with van der Waals surface area (Å²) in [4.78, 5) is 23.7. The molecule has 0 atom stereocenters. The molecule has 1 N–H and O–H groups in total. The number of alkyl halides is 2. The van der Waals surface area contributed by atoms with E-state index in [1.54, 1.807) is 18.3 Å². The van der Waals surface area contributed by atoms with Gasteiger partial charge in [0, 0.05) is 49.2 Å². The van der Waals surface area contributed by atoms with E-state index in [2.05, 4.69) is 20.2 Å². The number of aromatic nitrogens is 2. The molecule has 4 rings (SSSR count). The number of nitrogens with one attached hydrogen (secondary N) is 1. The molecule has 1 fully saturated rings. The number of hydrogen-bond acceptors (Lipinski definition) is 5. The second-order valence-corrected chi connectivity index (χ2v) is 9.42. The van der Waals surface area contributed by atoms with Crippen molar-refractivity contribution in [3.8, 4) is 5.88 Å². The van der Waals surface area contributed by atoms with Gasteiger partial charge in [-0.1, -0.05) is 6.07 Å². The van der Waals surface area contributed by atoms with Gasteiger partial charge in [-0.05, 0) is 75.6 Å². The average molecular weight is 473 g/mol. The fourth-order valence-corrected chi connectivity index (χ4v) is 5.01. The fraction of sp³-hybridized carbons (Fsp3) is 0.577. The van der Waals surface area contributed by atoms with E-state index >= 15 is 0 Å². The molecule has 1 aliphatic carbocycles. The Labute approximate surface area is 200 Å². The van der Waals surface area contributed by atoms with Crippen LogP contribution in [0.2, 0.25) is 0 Å². The number of amides is 1. The molecule has 184 valence electrons.